The van der Waals surface area contributed by atoms with Gasteiger partial charge in [-0.05, 0) is 50.4 Å². The molecule has 1 aliphatic heterocycles. The monoisotopic (exact) mass is 487 g/mol. The summed E-state index contributed by atoms with van der Waals surface area (Å²) in [6.07, 6.45) is 0. The summed E-state index contributed by atoms with van der Waals surface area (Å²) in [4.78, 5) is 26.1. The van der Waals surface area contributed by atoms with Crippen LogP contribution >= 0.6 is 15.9 Å². The first-order chi connectivity index (χ1) is 14.9. The van der Waals surface area contributed by atoms with E-state index in [1.165, 1.54) is 12.1 Å². The number of rotatable bonds is 5. The second kappa shape index (κ2) is 9.15. The summed E-state index contributed by atoms with van der Waals surface area (Å²) in [5.41, 5.74) is 2.28. The minimum atomic E-state index is -0.531. The molecule has 0 aliphatic carbocycles. The number of anilines is 2. The van der Waals surface area contributed by atoms with E-state index in [1.54, 1.807) is 12.1 Å². The molecular formula is C22H23BrFN5O2. The maximum atomic E-state index is 13.8. The summed E-state index contributed by atoms with van der Waals surface area (Å²) < 4.78 is 19.7. The van der Waals surface area contributed by atoms with Crippen molar-refractivity contribution in [2.75, 3.05) is 50.1 Å². The van der Waals surface area contributed by atoms with Gasteiger partial charge in [-0.2, -0.15) is 0 Å². The van der Waals surface area contributed by atoms with Gasteiger partial charge in [-0.15, -0.1) is 0 Å². The first-order valence-corrected chi connectivity index (χ1v) is 10.8. The summed E-state index contributed by atoms with van der Waals surface area (Å²) in [7, 11) is 2.11. The number of aromatic nitrogens is 2. The highest BCUT2D eigenvalue weighted by Crippen LogP contribution is 2.24. The maximum Gasteiger partial charge on any atom is 0.262 e. The van der Waals surface area contributed by atoms with E-state index in [0.29, 0.717) is 10.2 Å². The molecule has 2 aromatic carbocycles. The van der Waals surface area contributed by atoms with Gasteiger partial charge < -0.3 is 19.9 Å². The summed E-state index contributed by atoms with van der Waals surface area (Å²) in [5, 5.41) is 3.65. The van der Waals surface area contributed by atoms with Crippen LogP contribution < -0.4 is 15.0 Å². The maximum absolute atomic E-state index is 13.8. The normalized spacial score (nSPS) is 14.6. The highest BCUT2D eigenvalue weighted by molar-refractivity contribution is 9.10. The van der Waals surface area contributed by atoms with Crippen molar-refractivity contribution in [2.24, 2.45) is 0 Å². The van der Waals surface area contributed by atoms with Crippen molar-refractivity contribution in [3.8, 4) is 5.75 Å². The largest absolute Gasteiger partial charge is 0.481 e. The number of aryl methyl sites for hydroxylation is 1. The molecule has 7 nitrogen and oxygen atoms in total. The summed E-state index contributed by atoms with van der Waals surface area (Å²) in [5.74, 6) is -0.150. The average molecular weight is 488 g/mol. The standard InChI is InChI=1S/C22H23BrFN5O2/c1-14-17-12-16(26-21(30)13-31-20-6-3-15(23)11-18(20)24)4-5-19(17)27-22(25-14)29-9-7-28(2)8-10-29/h3-6,11-12H,7-10,13H2,1-2H3,(H,26,30). The van der Waals surface area contributed by atoms with Crippen molar-refractivity contribution >= 4 is 44.4 Å². The number of halogens is 2. The van der Waals surface area contributed by atoms with Gasteiger partial charge >= 0.3 is 0 Å². The number of nitrogens with zero attached hydrogens (tertiary/aromatic N) is 4. The van der Waals surface area contributed by atoms with E-state index in [0.717, 1.165) is 48.7 Å². The number of hydrogen-bond acceptors (Lipinski definition) is 6. The zero-order valence-electron chi connectivity index (χ0n) is 17.4. The van der Waals surface area contributed by atoms with Crippen LogP contribution in [0, 0.1) is 12.7 Å². The highest BCUT2D eigenvalue weighted by atomic mass is 79.9. The SMILES string of the molecule is Cc1nc(N2CCN(C)CC2)nc2ccc(NC(=O)COc3ccc(Br)cc3F)cc12. The number of benzene rings is 2. The van der Waals surface area contributed by atoms with E-state index < -0.39 is 5.82 Å². The zero-order valence-corrected chi connectivity index (χ0v) is 18.9. The molecular weight excluding hydrogens is 465 g/mol. The summed E-state index contributed by atoms with van der Waals surface area (Å²) >= 11 is 3.19. The Morgan fingerprint density at radius 1 is 1.16 bits per heavy atom. The Kier molecular flexibility index (Phi) is 6.33. The van der Waals surface area contributed by atoms with Gasteiger partial charge in [-0.1, -0.05) is 15.9 Å². The minimum absolute atomic E-state index is 0.0255. The molecule has 4 rings (SSSR count). The number of likely N-dealkylation sites (N-methyl/N-ethyl adjacent to an activating group) is 1. The van der Waals surface area contributed by atoms with Gasteiger partial charge in [0.2, 0.25) is 5.95 Å². The van der Waals surface area contributed by atoms with E-state index in [-0.39, 0.29) is 18.3 Å². The lowest BCUT2D eigenvalue weighted by Crippen LogP contribution is -2.45. The molecule has 31 heavy (non-hydrogen) atoms. The van der Waals surface area contributed by atoms with E-state index in [2.05, 4.69) is 43.1 Å². The van der Waals surface area contributed by atoms with Gasteiger partial charge in [-0.3, -0.25) is 4.79 Å². The molecule has 0 radical (unpaired) electrons. The Balaban J connectivity index is 1.44. The van der Waals surface area contributed by atoms with Gasteiger partial charge in [0.15, 0.2) is 18.2 Å². The summed E-state index contributed by atoms with van der Waals surface area (Å²) in [6, 6.07) is 9.92. The van der Waals surface area contributed by atoms with E-state index >= 15 is 0 Å². The molecule has 1 N–H and O–H groups in total. The smallest absolute Gasteiger partial charge is 0.262 e. The topological polar surface area (TPSA) is 70.6 Å². The predicted octanol–water partition coefficient (Wildman–Crippen LogP) is 3.61. The van der Waals surface area contributed by atoms with Crippen LogP contribution in [-0.2, 0) is 4.79 Å². The number of carbonyl (C=O) groups is 1. The number of carbonyl (C=O) groups excluding carboxylic acids is 1. The van der Waals surface area contributed by atoms with Crippen LogP contribution in [0.5, 0.6) is 5.75 Å². The molecule has 9 heteroatoms. The first-order valence-electron chi connectivity index (χ1n) is 9.98. The van der Waals surface area contributed by atoms with Crippen LogP contribution in [0.4, 0.5) is 16.0 Å². The molecule has 0 spiro atoms. The number of piperazine rings is 1. The molecule has 2 heterocycles. The molecule has 3 aromatic rings. The van der Waals surface area contributed by atoms with Crippen molar-refractivity contribution in [2.45, 2.75) is 6.92 Å². The van der Waals surface area contributed by atoms with Gasteiger partial charge in [-0.25, -0.2) is 14.4 Å². The number of fused-ring (bicyclic) bond motifs is 1. The van der Waals surface area contributed by atoms with Gasteiger partial charge in [0.05, 0.1) is 11.2 Å². The zero-order chi connectivity index (χ0) is 22.0. The third-order valence-electron chi connectivity index (χ3n) is 5.20. The van der Waals surface area contributed by atoms with Crippen molar-refractivity contribution in [3.05, 3.63) is 52.4 Å². The van der Waals surface area contributed by atoms with Crippen LogP contribution in [0.25, 0.3) is 10.9 Å². The Hall–Kier alpha value is -2.78. The average Bonchev–Trinajstić information content (AvgIpc) is 2.74. The van der Waals surface area contributed by atoms with Gasteiger partial charge in [0.25, 0.3) is 5.91 Å². The quantitative estimate of drug-likeness (QED) is 0.592. The lowest BCUT2D eigenvalue weighted by Gasteiger charge is -2.32. The Morgan fingerprint density at radius 3 is 2.68 bits per heavy atom. The third-order valence-corrected chi connectivity index (χ3v) is 5.69. The number of amides is 1. The molecule has 0 bridgehead atoms. The van der Waals surface area contributed by atoms with Gasteiger partial charge in [0, 0.05) is 41.7 Å². The third kappa shape index (κ3) is 5.11. The lowest BCUT2D eigenvalue weighted by molar-refractivity contribution is -0.118. The van der Waals surface area contributed by atoms with Crippen LogP contribution in [0.3, 0.4) is 0 Å². The van der Waals surface area contributed by atoms with E-state index in [9.17, 15) is 9.18 Å². The number of ether oxygens (including phenoxy) is 1. The molecule has 1 amide bonds. The molecule has 1 aromatic heterocycles. The Bertz CT molecular complexity index is 1120. The van der Waals surface area contributed by atoms with Crippen molar-refractivity contribution in [1.29, 1.82) is 0 Å². The minimum Gasteiger partial charge on any atom is -0.481 e. The fraction of sp³-hybridized carbons (Fsp3) is 0.318. The van der Waals surface area contributed by atoms with Crippen molar-refractivity contribution in [1.82, 2.24) is 14.9 Å². The van der Waals surface area contributed by atoms with Crippen LogP contribution in [0.15, 0.2) is 40.9 Å². The number of hydrogen-bond donors (Lipinski definition) is 1. The molecule has 162 valence electrons. The van der Waals surface area contributed by atoms with Crippen molar-refractivity contribution in [3.63, 3.8) is 0 Å². The molecule has 1 aliphatic rings. The number of nitrogens with one attached hydrogen (secondary N) is 1. The first kappa shape index (κ1) is 21.5. The molecule has 1 saturated heterocycles. The fourth-order valence-electron chi connectivity index (χ4n) is 3.42. The summed E-state index contributed by atoms with van der Waals surface area (Å²) in [6.45, 7) is 5.40. The fourth-order valence-corrected chi connectivity index (χ4v) is 3.76. The van der Waals surface area contributed by atoms with E-state index in [4.69, 9.17) is 9.72 Å². The van der Waals surface area contributed by atoms with Gasteiger partial charge in [0.1, 0.15) is 0 Å². The highest BCUT2D eigenvalue weighted by Gasteiger charge is 2.18. The Morgan fingerprint density at radius 2 is 1.94 bits per heavy atom. The molecule has 0 unspecified atom stereocenters. The van der Waals surface area contributed by atoms with Crippen LogP contribution in [0.1, 0.15) is 5.69 Å². The molecule has 0 atom stereocenters. The van der Waals surface area contributed by atoms with E-state index in [1.807, 2.05) is 19.1 Å². The lowest BCUT2D eigenvalue weighted by atomic mass is 10.1. The van der Waals surface area contributed by atoms with Crippen LogP contribution in [0.2, 0.25) is 0 Å². The van der Waals surface area contributed by atoms with Crippen molar-refractivity contribution < 1.29 is 13.9 Å². The second-order valence-electron chi connectivity index (χ2n) is 7.54. The Labute approximate surface area is 188 Å². The molecule has 0 saturated carbocycles. The second-order valence-corrected chi connectivity index (χ2v) is 8.46. The predicted molar refractivity (Wildman–Crippen MR) is 122 cm³/mol. The van der Waals surface area contributed by atoms with Crippen LogP contribution in [-0.4, -0.2) is 60.6 Å². The molecule has 1 fully saturated rings.